The topological polar surface area (TPSA) is 58.6 Å². The standard InChI is InChI=1S/C16H14ClNO3/c1-21-12-4-2-9(3-5-12)16(20)11-6-10-8-14(19)18-15(10)13(17)7-11/h2-7,16,20H,8H2,1H3,(H,18,19). The first kappa shape index (κ1) is 13.9. The van der Waals surface area contributed by atoms with Crippen molar-refractivity contribution in [2.24, 2.45) is 0 Å². The molecule has 5 heteroatoms. The zero-order valence-electron chi connectivity index (χ0n) is 11.4. The van der Waals surface area contributed by atoms with E-state index in [-0.39, 0.29) is 12.3 Å². The van der Waals surface area contributed by atoms with Gasteiger partial charge in [-0.3, -0.25) is 4.79 Å². The van der Waals surface area contributed by atoms with Crippen LogP contribution in [-0.2, 0) is 11.2 Å². The fourth-order valence-corrected chi connectivity index (χ4v) is 2.75. The second kappa shape index (κ2) is 5.39. The molecule has 2 aromatic carbocycles. The monoisotopic (exact) mass is 303 g/mol. The molecule has 0 fully saturated rings. The molecule has 0 radical (unpaired) electrons. The number of amides is 1. The van der Waals surface area contributed by atoms with Crippen LogP contribution >= 0.6 is 11.6 Å². The molecule has 1 amide bonds. The Kier molecular flexibility index (Phi) is 3.57. The van der Waals surface area contributed by atoms with E-state index in [4.69, 9.17) is 16.3 Å². The maximum atomic E-state index is 11.4. The molecule has 3 rings (SSSR count). The van der Waals surface area contributed by atoms with Gasteiger partial charge in [-0.1, -0.05) is 29.8 Å². The summed E-state index contributed by atoms with van der Waals surface area (Å²) >= 11 is 6.17. The van der Waals surface area contributed by atoms with Crippen molar-refractivity contribution in [2.75, 3.05) is 12.4 Å². The van der Waals surface area contributed by atoms with Gasteiger partial charge in [0.1, 0.15) is 11.9 Å². The van der Waals surface area contributed by atoms with Crippen LogP contribution < -0.4 is 10.1 Å². The Morgan fingerprint density at radius 2 is 1.95 bits per heavy atom. The fourth-order valence-electron chi connectivity index (χ4n) is 2.46. The van der Waals surface area contributed by atoms with E-state index >= 15 is 0 Å². The van der Waals surface area contributed by atoms with Crippen LogP contribution in [0.5, 0.6) is 5.75 Å². The van der Waals surface area contributed by atoms with Gasteiger partial charge in [0.2, 0.25) is 5.91 Å². The summed E-state index contributed by atoms with van der Waals surface area (Å²) in [5.41, 5.74) is 2.87. The van der Waals surface area contributed by atoms with Crippen molar-refractivity contribution >= 4 is 23.2 Å². The average molecular weight is 304 g/mol. The number of methoxy groups -OCH3 is 1. The average Bonchev–Trinajstić information content (AvgIpc) is 2.87. The van der Waals surface area contributed by atoms with E-state index in [2.05, 4.69) is 5.32 Å². The number of nitrogens with one attached hydrogen (secondary N) is 1. The molecule has 1 atom stereocenters. The van der Waals surface area contributed by atoms with Crippen molar-refractivity contribution in [3.63, 3.8) is 0 Å². The summed E-state index contributed by atoms with van der Waals surface area (Å²) in [6.07, 6.45) is -0.507. The Balaban J connectivity index is 1.94. The summed E-state index contributed by atoms with van der Waals surface area (Å²) in [6, 6.07) is 10.7. The van der Waals surface area contributed by atoms with Crippen LogP contribution in [0.15, 0.2) is 36.4 Å². The van der Waals surface area contributed by atoms with Gasteiger partial charge in [-0.2, -0.15) is 0 Å². The molecule has 1 aliphatic heterocycles. The Bertz CT molecular complexity index is 697. The van der Waals surface area contributed by atoms with Gasteiger partial charge in [-0.25, -0.2) is 0 Å². The first-order valence-electron chi connectivity index (χ1n) is 6.52. The van der Waals surface area contributed by atoms with E-state index in [0.29, 0.717) is 16.3 Å². The largest absolute Gasteiger partial charge is 0.497 e. The van der Waals surface area contributed by atoms with E-state index in [1.165, 1.54) is 0 Å². The Hall–Kier alpha value is -2.04. The zero-order chi connectivity index (χ0) is 15.0. The van der Waals surface area contributed by atoms with Crippen LogP contribution in [0, 0.1) is 0 Å². The number of aliphatic hydroxyl groups excluding tert-OH is 1. The van der Waals surface area contributed by atoms with E-state index in [0.717, 1.165) is 16.9 Å². The van der Waals surface area contributed by atoms with Crippen LogP contribution in [0.25, 0.3) is 0 Å². The molecule has 1 unspecified atom stereocenters. The third-order valence-corrected chi connectivity index (χ3v) is 3.86. The molecular weight excluding hydrogens is 290 g/mol. The summed E-state index contributed by atoms with van der Waals surface area (Å²) in [5.74, 6) is 0.649. The van der Waals surface area contributed by atoms with E-state index < -0.39 is 6.10 Å². The lowest BCUT2D eigenvalue weighted by molar-refractivity contribution is -0.115. The van der Waals surface area contributed by atoms with Crippen LogP contribution in [0.4, 0.5) is 5.69 Å². The molecular formula is C16H14ClNO3. The first-order valence-corrected chi connectivity index (χ1v) is 6.90. The maximum absolute atomic E-state index is 11.4. The second-order valence-corrected chi connectivity index (χ2v) is 5.34. The molecule has 2 N–H and O–H groups in total. The summed E-state index contributed by atoms with van der Waals surface area (Å²) < 4.78 is 5.10. The van der Waals surface area contributed by atoms with Crippen molar-refractivity contribution in [2.45, 2.75) is 12.5 Å². The van der Waals surface area contributed by atoms with Crippen molar-refractivity contribution in [3.05, 3.63) is 58.1 Å². The highest BCUT2D eigenvalue weighted by Gasteiger charge is 2.23. The van der Waals surface area contributed by atoms with Crippen molar-refractivity contribution < 1.29 is 14.6 Å². The van der Waals surface area contributed by atoms with Gasteiger partial charge in [0.25, 0.3) is 0 Å². The van der Waals surface area contributed by atoms with Gasteiger partial charge in [-0.05, 0) is 34.9 Å². The minimum Gasteiger partial charge on any atom is -0.497 e. The summed E-state index contributed by atoms with van der Waals surface area (Å²) in [7, 11) is 1.59. The number of hydrogen-bond donors (Lipinski definition) is 2. The van der Waals surface area contributed by atoms with Gasteiger partial charge < -0.3 is 15.2 Å². The quantitative estimate of drug-likeness (QED) is 0.916. The van der Waals surface area contributed by atoms with Gasteiger partial charge in [0.15, 0.2) is 0 Å². The Morgan fingerprint density at radius 1 is 1.24 bits per heavy atom. The predicted octanol–water partition coefficient (Wildman–Crippen LogP) is 2.92. The number of hydrogen-bond acceptors (Lipinski definition) is 3. The highest BCUT2D eigenvalue weighted by Crippen LogP contribution is 2.35. The zero-order valence-corrected chi connectivity index (χ0v) is 12.1. The van der Waals surface area contributed by atoms with Gasteiger partial charge in [0.05, 0.1) is 24.2 Å². The van der Waals surface area contributed by atoms with Gasteiger partial charge >= 0.3 is 0 Å². The van der Waals surface area contributed by atoms with Crippen molar-refractivity contribution in [1.29, 1.82) is 0 Å². The van der Waals surface area contributed by atoms with Crippen LogP contribution in [0.3, 0.4) is 0 Å². The number of fused-ring (bicyclic) bond motifs is 1. The molecule has 0 spiro atoms. The molecule has 1 aliphatic rings. The summed E-state index contributed by atoms with van der Waals surface area (Å²) in [4.78, 5) is 11.4. The molecule has 0 saturated heterocycles. The smallest absolute Gasteiger partial charge is 0.228 e. The molecule has 4 nitrogen and oxygen atoms in total. The lowest BCUT2D eigenvalue weighted by Crippen LogP contribution is -2.03. The number of ether oxygens (including phenoxy) is 1. The van der Waals surface area contributed by atoms with E-state index in [1.54, 1.807) is 37.4 Å². The second-order valence-electron chi connectivity index (χ2n) is 4.94. The predicted molar refractivity (Wildman–Crippen MR) is 80.8 cm³/mol. The van der Waals surface area contributed by atoms with Crippen molar-refractivity contribution in [3.8, 4) is 5.75 Å². The minimum atomic E-state index is -0.797. The highest BCUT2D eigenvalue weighted by molar-refractivity contribution is 6.34. The SMILES string of the molecule is COc1ccc(C(O)c2cc(Cl)c3c(c2)CC(=O)N3)cc1. The summed E-state index contributed by atoms with van der Waals surface area (Å²) in [6.45, 7) is 0. The Labute approximate surface area is 127 Å². The normalized spacial score (nSPS) is 14.5. The van der Waals surface area contributed by atoms with Crippen molar-refractivity contribution in [1.82, 2.24) is 0 Å². The minimum absolute atomic E-state index is 0.0806. The number of benzene rings is 2. The molecule has 21 heavy (non-hydrogen) atoms. The Morgan fingerprint density at radius 3 is 2.62 bits per heavy atom. The molecule has 1 heterocycles. The number of aliphatic hydroxyl groups is 1. The molecule has 0 aliphatic carbocycles. The lowest BCUT2D eigenvalue weighted by atomic mass is 9.98. The third kappa shape index (κ3) is 2.60. The number of carbonyl (C=O) groups excluding carboxylic acids is 1. The van der Waals surface area contributed by atoms with Crippen LogP contribution in [0.1, 0.15) is 22.8 Å². The van der Waals surface area contributed by atoms with E-state index in [1.807, 2.05) is 6.07 Å². The van der Waals surface area contributed by atoms with Gasteiger partial charge in [-0.15, -0.1) is 0 Å². The van der Waals surface area contributed by atoms with Crippen LogP contribution in [-0.4, -0.2) is 18.1 Å². The fraction of sp³-hybridized carbons (Fsp3) is 0.188. The molecule has 2 aromatic rings. The third-order valence-electron chi connectivity index (χ3n) is 3.56. The summed E-state index contributed by atoms with van der Waals surface area (Å²) in [5, 5.41) is 13.6. The number of halogens is 1. The number of rotatable bonds is 3. The molecule has 0 aromatic heterocycles. The van der Waals surface area contributed by atoms with E-state index in [9.17, 15) is 9.90 Å². The molecule has 0 bridgehead atoms. The number of carbonyl (C=O) groups is 1. The highest BCUT2D eigenvalue weighted by atomic mass is 35.5. The number of anilines is 1. The first-order chi connectivity index (χ1) is 10.1. The maximum Gasteiger partial charge on any atom is 0.228 e. The lowest BCUT2D eigenvalue weighted by Gasteiger charge is -2.14. The van der Waals surface area contributed by atoms with Gasteiger partial charge in [0, 0.05) is 0 Å². The van der Waals surface area contributed by atoms with Crippen LogP contribution in [0.2, 0.25) is 5.02 Å². The molecule has 108 valence electrons. The molecule has 0 saturated carbocycles.